The summed E-state index contributed by atoms with van der Waals surface area (Å²) in [4.78, 5) is 29.2. The molecule has 2 aromatic carbocycles. The first kappa shape index (κ1) is 22.5. The number of sulfonamides is 1. The highest BCUT2D eigenvalue weighted by molar-refractivity contribution is 7.92. The monoisotopic (exact) mass is 511 g/mol. The molecule has 0 radical (unpaired) electrons. The van der Waals surface area contributed by atoms with Gasteiger partial charge in [-0.05, 0) is 65.8 Å². The Bertz CT molecular complexity index is 1520. The molecule has 0 saturated heterocycles. The fraction of sp³-hybridized carbons (Fsp3) is 0.125. The zero-order chi connectivity index (χ0) is 23.9. The van der Waals surface area contributed by atoms with Crippen LogP contribution in [0.1, 0.15) is 28.3 Å². The number of hydrogen-bond acceptors (Lipinski definition) is 6. The maximum Gasteiger partial charge on any atom is 0.273 e. The number of carbonyl (C=O) groups is 2. The van der Waals surface area contributed by atoms with E-state index in [1.54, 1.807) is 36.7 Å². The minimum atomic E-state index is -3.99. The standard InChI is InChI=1S/C24H18ClN3O4S2/c25-21-7-8-22(33-21)34(31,32)28-23(29)15-3-1-14(2-4-15)19-12-20(19)24(30)27-18-6-5-17-13-26-10-9-16(17)11-18/h1-11,13,19-20H,12H2,(H,27,30)(H,28,29)/t19-,20+/m0/s1. The number of halogens is 1. The Hall–Kier alpha value is -3.27. The zero-order valence-corrected chi connectivity index (χ0v) is 20.0. The molecule has 2 N–H and O–H groups in total. The molecule has 1 aliphatic carbocycles. The van der Waals surface area contributed by atoms with Gasteiger partial charge >= 0.3 is 0 Å². The van der Waals surface area contributed by atoms with Crippen LogP contribution in [-0.2, 0) is 14.8 Å². The lowest BCUT2D eigenvalue weighted by Gasteiger charge is -2.08. The van der Waals surface area contributed by atoms with Gasteiger partial charge in [0.25, 0.3) is 15.9 Å². The molecular formula is C24H18ClN3O4S2. The van der Waals surface area contributed by atoms with E-state index in [9.17, 15) is 18.0 Å². The van der Waals surface area contributed by atoms with Gasteiger partial charge in [0, 0.05) is 34.9 Å². The number of rotatable bonds is 6. The molecule has 172 valence electrons. The van der Waals surface area contributed by atoms with E-state index in [2.05, 4.69) is 15.0 Å². The van der Waals surface area contributed by atoms with Gasteiger partial charge in [0.1, 0.15) is 4.21 Å². The molecule has 5 rings (SSSR count). The molecular weight excluding hydrogens is 494 g/mol. The number of carbonyl (C=O) groups excluding carboxylic acids is 2. The molecule has 2 heterocycles. The van der Waals surface area contributed by atoms with E-state index >= 15 is 0 Å². The van der Waals surface area contributed by atoms with Crippen molar-refractivity contribution in [3.05, 3.63) is 88.5 Å². The summed E-state index contributed by atoms with van der Waals surface area (Å²) in [7, 11) is -3.99. The highest BCUT2D eigenvalue weighted by Crippen LogP contribution is 2.48. The molecule has 0 unspecified atom stereocenters. The first-order valence-electron chi connectivity index (χ1n) is 10.4. The third-order valence-electron chi connectivity index (χ3n) is 5.68. The largest absolute Gasteiger partial charge is 0.326 e. The third kappa shape index (κ3) is 4.68. The molecule has 2 aromatic heterocycles. The third-order valence-corrected chi connectivity index (χ3v) is 8.73. The Morgan fingerprint density at radius 1 is 1.00 bits per heavy atom. The second-order valence-electron chi connectivity index (χ2n) is 7.99. The summed E-state index contributed by atoms with van der Waals surface area (Å²) in [5, 5.41) is 4.97. The number of amides is 2. The number of hydrogen-bond donors (Lipinski definition) is 2. The van der Waals surface area contributed by atoms with Crippen LogP contribution in [0, 0.1) is 5.92 Å². The molecule has 4 aromatic rings. The molecule has 0 aliphatic heterocycles. The van der Waals surface area contributed by atoms with Crippen LogP contribution in [0.3, 0.4) is 0 Å². The maximum atomic E-state index is 12.7. The molecule has 7 nitrogen and oxygen atoms in total. The predicted octanol–water partition coefficient (Wildman–Crippen LogP) is 4.81. The van der Waals surface area contributed by atoms with Crippen LogP contribution in [0.4, 0.5) is 5.69 Å². The minimum absolute atomic E-state index is 0.0302. The van der Waals surface area contributed by atoms with E-state index in [0.29, 0.717) is 10.8 Å². The lowest BCUT2D eigenvalue weighted by Crippen LogP contribution is -2.30. The van der Waals surface area contributed by atoms with Crippen molar-refractivity contribution in [1.29, 1.82) is 0 Å². The molecule has 0 bridgehead atoms. The second kappa shape index (κ2) is 8.83. The minimum Gasteiger partial charge on any atom is -0.326 e. The molecule has 34 heavy (non-hydrogen) atoms. The zero-order valence-electron chi connectivity index (χ0n) is 17.6. The second-order valence-corrected chi connectivity index (χ2v) is 11.6. The van der Waals surface area contributed by atoms with Crippen LogP contribution in [0.25, 0.3) is 10.8 Å². The van der Waals surface area contributed by atoms with Gasteiger partial charge in [-0.25, -0.2) is 13.1 Å². The van der Waals surface area contributed by atoms with Crippen LogP contribution in [0.15, 0.2) is 77.3 Å². The molecule has 1 aliphatic rings. The average molecular weight is 512 g/mol. The quantitative estimate of drug-likeness (QED) is 0.386. The predicted molar refractivity (Wildman–Crippen MR) is 132 cm³/mol. The van der Waals surface area contributed by atoms with Crippen molar-refractivity contribution < 1.29 is 18.0 Å². The van der Waals surface area contributed by atoms with Crippen molar-refractivity contribution in [3.63, 3.8) is 0 Å². The summed E-state index contributed by atoms with van der Waals surface area (Å²) in [6, 6.07) is 17.0. The van der Waals surface area contributed by atoms with Crippen LogP contribution in [0.2, 0.25) is 4.34 Å². The van der Waals surface area contributed by atoms with Crippen molar-refractivity contribution in [2.45, 2.75) is 16.5 Å². The number of nitrogens with zero attached hydrogens (tertiary/aromatic N) is 1. The maximum absolute atomic E-state index is 12.7. The van der Waals surface area contributed by atoms with Crippen molar-refractivity contribution in [2.24, 2.45) is 5.92 Å². The van der Waals surface area contributed by atoms with Gasteiger partial charge in [-0.15, -0.1) is 11.3 Å². The van der Waals surface area contributed by atoms with Crippen LogP contribution >= 0.6 is 22.9 Å². The van der Waals surface area contributed by atoms with Crippen molar-refractivity contribution in [3.8, 4) is 0 Å². The Kier molecular flexibility index (Phi) is 5.85. The highest BCUT2D eigenvalue weighted by Gasteiger charge is 2.44. The Labute approximate surface area is 204 Å². The molecule has 10 heteroatoms. The normalized spacial score (nSPS) is 17.3. The number of fused-ring (bicyclic) bond motifs is 1. The summed E-state index contributed by atoms with van der Waals surface area (Å²) < 4.78 is 27.0. The number of thiophene rings is 1. The Morgan fingerprint density at radius 3 is 2.53 bits per heavy atom. The SMILES string of the molecule is O=C(NS(=O)(=O)c1ccc(Cl)s1)c1ccc([C@@H]2C[C@H]2C(=O)Nc2ccc3cnccc3c2)cc1. The van der Waals surface area contributed by atoms with Gasteiger partial charge in [-0.2, -0.15) is 0 Å². The lowest BCUT2D eigenvalue weighted by molar-refractivity contribution is -0.117. The van der Waals surface area contributed by atoms with E-state index in [4.69, 9.17) is 11.6 Å². The smallest absolute Gasteiger partial charge is 0.273 e. The van der Waals surface area contributed by atoms with Gasteiger partial charge < -0.3 is 5.32 Å². The van der Waals surface area contributed by atoms with Crippen LogP contribution in [0.5, 0.6) is 0 Å². The summed E-state index contributed by atoms with van der Waals surface area (Å²) >= 11 is 6.66. The molecule has 2 amide bonds. The van der Waals surface area contributed by atoms with Gasteiger partial charge in [0.2, 0.25) is 5.91 Å². The van der Waals surface area contributed by atoms with E-state index in [1.165, 1.54) is 12.1 Å². The van der Waals surface area contributed by atoms with Crippen molar-refractivity contribution >= 4 is 61.2 Å². The Morgan fingerprint density at radius 2 is 1.79 bits per heavy atom. The molecule has 2 atom stereocenters. The van der Waals surface area contributed by atoms with Gasteiger partial charge in [-0.1, -0.05) is 29.8 Å². The summed E-state index contributed by atoms with van der Waals surface area (Å²) in [6.45, 7) is 0. The summed E-state index contributed by atoms with van der Waals surface area (Å²) in [5.74, 6) is -0.885. The molecule has 0 spiro atoms. The van der Waals surface area contributed by atoms with E-state index < -0.39 is 15.9 Å². The lowest BCUT2D eigenvalue weighted by atomic mass is 10.1. The highest BCUT2D eigenvalue weighted by atomic mass is 35.5. The number of benzene rings is 2. The van der Waals surface area contributed by atoms with Crippen LogP contribution in [-0.4, -0.2) is 25.2 Å². The molecule has 1 saturated carbocycles. The van der Waals surface area contributed by atoms with E-state index in [-0.39, 0.29) is 27.5 Å². The summed E-state index contributed by atoms with van der Waals surface area (Å²) in [5.41, 5.74) is 1.87. The fourth-order valence-corrected chi connectivity index (χ4v) is 6.26. The van der Waals surface area contributed by atoms with E-state index in [1.807, 2.05) is 24.3 Å². The van der Waals surface area contributed by atoms with Gasteiger partial charge in [0.05, 0.1) is 4.34 Å². The first-order chi connectivity index (χ1) is 16.3. The van der Waals surface area contributed by atoms with Gasteiger partial charge in [-0.3, -0.25) is 14.6 Å². The Balaban J connectivity index is 1.21. The fourth-order valence-electron chi connectivity index (χ4n) is 3.80. The van der Waals surface area contributed by atoms with Crippen LogP contribution < -0.4 is 10.0 Å². The van der Waals surface area contributed by atoms with E-state index in [0.717, 1.165) is 33.4 Å². The number of pyridine rings is 1. The topological polar surface area (TPSA) is 105 Å². The average Bonchev–Trinajstić information content (AvgIpc) is 3.51. The number of aromatic nitrogens is 1. The number of anilines is 1. The van der Waals surface area contributed by atoms with Gasteiger partial charge in [0.15, 0.2) is 0 Å². The number of nitrogens with one attached hydrogen (secondary N) is 2. The first-order valence-corrected chi connectivity index (χ1v) is 13.0. The van der Waals surface area contributed by atoms with Crippen molar-refractivity contribution in [2.75, 3.05) is 5.32 Å². The molecule has 1 fully saturated rings. The summed E-state index contributed by atoms with van der Waals surface area (Å²) in [6.07, 6.45) is 4.19. The van der Waals surface area contributed by atoms with Crippen molar-refractivity contribution in [1.82, 2.24) is 9.71 Å².